The first kappa shape index (κ1) is 23.6. The molecule has 0 bridgehead atoms. The monoisotopic (exact) mass is 480 g/mol. The van der Waals surface area contributed by atoms with Crippen LogP contribution in [-0.2, 0) is 14.8 Å². The van der Waals surface area contributed by atoms with Crippen LogP contribution in [0.15, 0.2) is 71.6 Å². The molecule has 34 heavy (non-hydrogen) atoms. The summed E-state index contributed by atoms with van der Waals surface area (Å²) in [6, 6.07) is 19.0. The summed E-state index contributed by atoms with van der Waals surface area (Å²) in [4.78, 5) is 13.4. The van der Waals surface area contributed by atoms with Gasteiger partial charge < -0.3 is 14.8 Å². The number of anilines is 2. The highest BCUT2D eigenvalue weighted by atomic mass is 32.2. The molecular weight excluding hydrogens is 452 g/mol. The van der Waals surface area contributed by atoms with Gasteiger partial charge in [0.25, 0.3) is 15.9 Å². The van der Waals surface area contributed by atoms with Crippen LogP contribution >= 0.6 is 0 Å². The second-order valence-corrected chi connectivity index (χ2v) is 10.4. The molecule has 0 aliphatic carbocycles. The molecule has 1 atom stereocenters. The molecule has 8 heteroatoms. The Kier molecular flexibility index (Phi) is 6.52. The van der Waals surface area contributed by atoms with Gasteiger partial charge in [-0.05, 0) is 66.4 Å². The highest BCUT2D eigenvalue weighted by Gasteiger charge is 2.38. The van der Waals surface area contributed by atoms with Crippen LogP contribution in [0.5, 0.6) is 11.5 Å². The normalized spacial score (nSPS) is 15.4. The lowest BCUT2D eigenvalue weighted by atomic mass is 10.0. The lowest BCUT2D eigenvalue weighted by Crippen LogP contribution is -2.48. The molecule has 0 aromatic heterocycles. The molecule has 1 heterocycles. The summed E-state index contributed by atoms with van der Waals surface area (Å²) >= 11 is 0. The Balaban J connectivity index is 1.69. The van der Waals surface area contributed by atoms with E-state index >= 15 is 0 Å². The molecule has 0 saturated carbocycles. The van der Waals surface area contributed by atoms with Gasteiger partial charge in [0.2, 0.25) is 0 Å². The molecule has 7 nitrogen and oxygen atoms in total. The number of aryl methyl sites for hydroxylation is 1. The largest absolute Gasteiger partial charge is 0.497 e. The fourth-order valence-corrected chi connectivity index (χ4v) is 5.40. The Morgan fingerprint density at radius 1 is 1.09 bits per heavy atom. The van der Waals surface area contributed by atoms with Gasteiger partial charge in [0.1, 0.15) is 11.5 Å². The molecule has 1 amide bonds. The van der Waals surface area contributed by atoms with Gasteiger partial charge >= 0.3 is 0 Å². The summed E-state index contributed by atoms with van der Waals surface area (Å²) in [6.45, 7) is 5.82. The van der Waals surface area contributed by atoms with E-state index in [2.05, 4.69) is 5.32 Å². The molecular formula is C26H28N2O5S. The Bertz CT molecular complexity index is 1300. The first-order valence-electron chi connectivity index (χ1n) is 11.0. The van der Waals surface area contributed by atoms with Gasteiger partial charge in [-0.2, -0.15) is 0 Å². The van der Waals surface area contributed by atoms with E-state index in [1.165, 1.54) is 23.5 Å². The quantitative estimate of drug-likeness (QED) is 0.552. The van der Waals surface area contributed by atoms with Crippen molar-refractivity contribution in [3.05, 3.63) is 77.9 Å². The van der Waals surface area contributed by atoms with Crippen LogP contribution in [0.3, 0.4) is 0 Å². The third-order valence-corrected chi connectivity index (χ3v) is 7.56. The van der Waals surface area contributed by atoms with Crippen LogP contribution in [0.4, 0.5) is 11.4 Å². The zero-order chi connectivity index (χ0) is 24.5. The van der Waals surface area contributed by atoms with E-state index in [1.54, 1.807) is 24.3 Å². The Labute approximate surface area is 200 Å². The molecule has 4 rings (SSSR count). The summed E-state index contributed by atoms with van der Waals surface area (Å²) in [5.41, 5.74) is 2.97. The van der Waals surface area contributed by atoms with Crippen LogP contribution in [0, 0.1) is 6.92 Å². The number of rotatable bonds is 6. The summed E-state index contributed by atoms with van der Waals surface area (Å²) in [6.07, 6.45) is -1.03. The number of nitrogens with one attached hydrogen (secondary N) is 1. The molecule has 1 unspecified atom stereocenters. The predicted octanol–water partition coefficient (Wildman–Crippen LogP) is 4.72. The lowest BCUT2D eigenvalue weighted by molar-refractivity contribution is -0.122. The highest BCUT2D eigenvalue weighted by Crippen LogP contribution is 2.38. The summed E-state index contributed by atoms with van der Waals surface area (Å²) in [7, 11) is -2.44. The predicted molar refractivity (Wildman–Crippen MR) is 132 cm³/mol. The van der Waals surface area contributed by atoms with Gasteiger partial charge in [0.15, 0.2) is 6.10 Å². The maximum Gasteiger partial charge on any atom is 0.267 e. The molecule has 1 aliphatic heterocycles. The van der Waals surface area contributed by atoms with Gasteiger partial charge in [0.05, 0.1) is 24.2 Å². The van der Waals surface area contributed by atoms with E-state index in [0.29, 0.717) is 22.9 Å². The topological polar surface area (TPSA) is 84.9 Å². The van der Waals surface area contributed by atoms with Crippen LogP contribution < -0.4 is 19.1 Å². The van der Waals surface area contributed by atoms with Crippen LogP contribution in [0.2, 0.25) is 0 Å². The fourth-order valence-electron chi connectivity index (χ4n) is 3.93. The average Bonchev–Trinajstić information content (AvgIpc) is 2.83. The molecule has 1 aliphatic rings. The lowest BCUT2D eigenvalue weighted by Gasteiger charge is -2.35. The van der Waals surface area contributed by atoms with Crippen molar-refractivity contribution in [1.82, 2.24) is 0 Å². The second kappa shape index (κ2) is 9.38. The van der Waals surface area contributed by atoms with Gasteiger partial charge in [0, 0.05) is 5.69 Å². The first-order chi connectivity index (χ1) is 16.2. The van der Waals surface area contributed by atoms with Crippen molar-refractivity contribution in [1.29, 1.82) is 0 Å². The van der Waals surface area contributed by atoms with Crippen molar-refractivity contribution < 1.29 is 22.7 Å². The van der Waals surface area contributed by atoms with Crippen LogP contribution in [0.1, 0.15) is 30.9 Å². The second-order valence-electron chi connectivity index (χ2n) is 8.52. The number of nitrogens with zero attached hydrogens (tertiary/aromatic N) is 1. The Morgan fingerprint density at radius 3 is 2.47 bits per heavy atom. The fraction of sp³-hybridized carbons (Fsp3) is 0.269. The summed E-state index contributed by atoms with van der Waals surface area (Å²) in [5, 5.41) is 2.93. The standard InChI is InChI=1S/C26H28N2O5S/c1-17(2)21-7-5-6-8-22(21)27-26(29)25-16-28(23-14-9-18(3)15-24(23)33-25)34(30,31)20-12-10-19(32-4)11-13-20/h5-15,17,25H,16H2,1-4H3,(H,27,29). The number of methoxy groups -OCH3 is 1. The maximum atomic E-state index is 13.6. The summed E-state index contributed by atoms with van der Waals surface area (Å²) in [5.74, 6) is 0.702. The Hall–Kier alpha value is -3.52. The van der Waals surface area contributed by atoms with Gasteiger partial charge in [-0.15, -0.1) is 0 Å². The van der Waals surface area contributed by atoms with E-state index in [1.807, 2.05) is 51.1 Å². The number of carbonyl (C=O) groups excluding carboxylic acids is 1. The number of hydrogen-bond acceptors (Lipinski definition) is 5. The minimum Gasteiger partial charge on any atom is -0.497 e. The van der Waals surface area contributed by atoms with Crippen molar-refractivity contribution in [3.63, 3.8) is 0 Å². The van der Waals surface area contributed by atoms with Gasteiger partial charge in [-0.3, -0.25) is 9.10 Å². The number of benzene rings is 3. The van der Waals surface area contributed by atoms with Crippen molar-refractivity contribution in [2.45, 2.75) is 37.7 Å². The van der Waals surface area contributed by atoms with Crippen molar-refractivity contribution in [2.75, 3.05) is 23.3 Å². The number of carbonyl (C=O) groups is 1. The van der Waals surface area contributed by atoms with Crippen molar-refractivity contribution >= 4 is 27.3 Å². The third kappa shape index (κ3) is 4.59. The number of amides is 1. The molecule has 0 saturated heterocycles. The molecule has 0 radical (unpaired) electrons. The van der Waals surface area contributed by atoms with E-state index in [4.69, 9.17) is 9.47 Å². The molecule has 0 spiro atoms. The summed E-state index contributed by atoms with van der Waals surface area (Å²) < 4.78 is 39.6. The molecule has 1 N–H and O–H groups in total. The first-order valence-corrected chi connectivity index (χ1v) is 12.5. The van der Waals surface area contributed by atoms with Gasteiger partial charge in [-0.1, -0.05) is 38.1 Å². The van der Waals surface area contributed by atoms with Crippen molar-refractivity contribution in [3.8, 4) is 11.5 Å². The number of ether oxygens (including phenoxy) is 2. The maximum absolute atomic E-state index is 13.6. The minimum atomic E-state index is -3.96. The van der Waals surface area contributed by atoms with Gasteiger partial charge in [-0.25, -0.2) is 8.42 Å². The zero-order valence-electron chi connectivity index (χ0n) is 19.6. The number of sulfonamides is 1. The molecule has 3 aromatic rings. The highest BCUT2D eigenvalue weighted by molar-refractivity contribution is 7.92. The van der Waals surface area contributed by atoms with E-state index in [9.17, 15) is 13.2 Å². The third-order valence-electron chi connectivity index (χ3n) is 5.77. The smallest absolute Gasteiger partial charge is 0.267 e. The average molecular weight is 481 g/mol. The van der Waals surface area contributed by atoms with E-state index in [0.717, 1.165) is 11.1 Å². The SMILES string of the molecule is COc1ccc(S(=O)(=O)N2CC(C(=O)Nc3ccccc3C(C)C)Oc3cc(C)ccc32)cc1. The van der Waals surface area contributed by atoms with E-state index < -0.39 is 22.0 Å². The zero-order valence-corrected chi connectivity index (χ0v) is 20.4. The minimum absolute atomic E-state index is 0.103. The molecule has 178 valence electrons. The Morgan fingerprint density at radius 2 is 1.79 bits per heavy atom. The van der Waals surface area contributed by atoms with Crippen LogP contribution in [0.25, 0.3) is 0 Å². The van der Waals surface area contributed by atoms with Crippen molar-refractivity contribution in [2.24, 2.45) is 0 Å². The number of hydrogen-bond donors (Lipinski definition) is 1. The number of para-hydroxylation sites is 1. The molecule has 0 fully saturated rings. The number of fused-ring (bicyclic) bond motifs is 1. The van der Waals surface area contributed by atoms with Crippen LogP contribution in [-0.4, -0.2) is 34.1 Å². The van der Waals surface area contributed by atoms with E-state index in [-0.39, 0.29) is 17.4 Å². The molecule has 3 aromatic carbocycles.